The van der Waals surface area contributed by atoms with E-state index in [-0.39, 0.29) is 5.91 Å². The Morgan fingerprint density at radius 3 is 2.77 bits per heavy atom. The molecular formula is C18H22N2O2. The summed E-state index contributed by atoms with van der Waals surface area (Å²) in [5.41, 5.74) is 2.03. The van der Waals surface area contributed by atoms with Gasteiger partial charge in [0, 0.05) is 6.54 Å². The average Bonchev–Trinajstić information content (AvgIpc) is 2.56. The monoisotopic (exact) mass is 298 g/mol. The van der Waals surface area contributed by atoms with Crippen LogP contribution in [0.2, 0.25) is 0 Å². The third-order valence-electron chi connectivity index (χ3n) is 3.80. The summed E-state index contributed by atoms with van der Waals surface area (Å²) >= 11 is 0. The first kappa shape index (κ1) is 16.1. The van der Waals surface area contributed by atoms with Gasteiger partial charge in [-0.3, -0.25) is 4.79 Å². The lowest BCUT2D eigenvalue weighted by molar-refractivity contribution is -0.127. The lowest BCUT2D eigenvalue weighted by atomic mass is 9.97. The van der Waals surface area contributed by atoms with Crippen molar-refractivity contribution < 1.29 is 9.53 Å². The molecule has 4 nitrogen and oxygen atoms in total. The van der Waals surface area contributed by atoms with Gasteiger partial charge in [-0.1, -0.05) is 11.6 Å². The SMILES string of the molecule is C[C@H](Oc1ccc(C#N)cc1)C(=O)NCCC1=CCCCC1. The van der Waals surface area contributed by atoms with Crippen molar-refractivity contribution in [1.29, 1.82) is 5.26 Å². The van der Waals surface area contributed by atoms with E-state index in [0.717, 1.165) is 12.8 Å². The number of carbonyl (C=O) groups excluding carboxylic acids is 1. The van der Waals surface area contributed by atoms with Crippen molar-refractivity contribution in [2.75, 3.05) is 6.54 Å². The van der Waals surface area contributed by atoms with E-state index in [0.29, 0.717) is 17.9 Å². The van der Waals surface area contributed by atoms with Crippen LogP contribution in [0, 0.1) is 11.3 Å². The molecule has 0 heterocycles. The van der Waals surface area contributed by atoms with Crippen LogP contribution in [0.1, 0.15) is 44.6 Å². The minimum absolute atomic E-state index is 0.110. The Morgan fingerprint density at radius 2 is 2.14 bits per heavy atom. The molecule has 0 unspecified atom stereocenters. The van der Waals surface area contributed by atoms with Gasteiger partial charge < -0.3 is 10.1 Å². The van der Waals surface area contributed by atoms with Crippen LogP contribution in [-0.4, -0.2) is 18.6 Å². The second-order valence-corrected chi connectivity index (χ2v) is 5.55. The van der Waals surface area contributed by atoms with Crippen molar-refractivity contribution in [2.45, 2.75) is 45.1 Å². The number of rotatable bonds is 6. The Morgan fingerprint density at radius 1 is 1.36 bits per heavy atom. The summed E-state index contributed by atoms with van der Waals surface area (Å²) in [4.78, 5) is 12.0. The number of hydrogen-bond donors (Lipinski definition) is 1. The topological polar surface area (TPSA) is 62.1 Å². The molecule has 1 aromatic rings. The number of hydrogen-bond acceptors (Lipinski definition) is 3. The van der Waals surface area contributed by atoms with Crippen LogP contribution < -0.4 is 10.1 Å². The van der Waals surface area contributed by atoms with E-state index in [1.54, 1.807) is 31.2 Å². The molecule has 116 valence electrons. The van der Waals surface area contributed by atoms with Gasteiger partial charge in [-0.2, -0.15) is 5.26 Å². The molecular weight excluding hydrogens is 276 g/mol. The van der Waals surface area contributed by atoms with Gasteiger partial charge in [-0.15, -0.1) is 0 Å². The maximum absolute atomic E-state index is 12.0. The molecule has 0 aliphatic heterocycles. The predicted molar refractivity (Wildman–Crippen MR) is 85.4 cm³/mol. The maximum atomic E-state index is 12.0. The summed E-state index contributed by atoms with van der Waals surface area (Å²) in [6, 6.07) is 8.81. The molecule has 4 heteroatoms. The molecule has 1 aromatic carbocycles. The molecule has 1 aliphatic rings. The first-order valence-corrected chi connectivity index (χ1v) is 7.81. The molecule has 22 heavy (non-hydrogen) atoms. The van der Waals surface area contributed by atoms with Crippen molar-refractivity contribution in [3.8, 4) is 11.8 Å². The number of nitrogens with one attached hydrogen (secondary N) is 1. The van der Waals surface area contributed by atoms with Crippen molar-refractivity contribution in [3.63, 3.8) is 0 Å². The molecule has 0 saturated heterocycles. The Labute approximate surface area is 131 Å². The number of amides is 1. The fourth-order valence-electron chi connectivity index (χ4n) is 2.49. The van der Waals surface area contributed by atoms with Crippen LogP contribution in [0.4, 0.5) is 0 Å². The third-order valence-corrected chi connectivity index (χ3v) is 3.80. The van der Waals surface area contributed by atoms with E-state index in [4.69, 9.17) is 10.00 Å². The van der Waals surface area contributed by atoms with Crippen molar-refractivity contribution in [2.24, 2.45) is 0 Å². The van der Waals surface area contributed by atoms with E-state index in [2.05, 4.69) is 11.4 Å². The molecule has 1 aliphatic carbocycles. The molecule has 0 saturated carbocycles. The van der Waals surface area contributed by atoms with E-state index < -0.39 is 6.10 Å². The van der Waals surface area contributed by atoms with Crippen molar-refractivity contribution >= 4 is 5.91 Å². The molecule has 0 radical (unpaired) electrons. The number of benzene rings is 1. The minimum atomic E-state index is -0.548. The van der Waals surface area contributed by atoms with E-state index >= 15 is 0 Å². The van der Waals surface area contributed by atoms with Gasteiger partial charge in [0.25, 0.3) is 5.91 Å². The van der Waals surface area contributed by atoms with Gasteiger partial charge >= 0.3 is 0 Å². The fraction of sp³-hybridized carbons (Fsp3) is 0.444. The van der Waals surface area contributed by atoms with Gasteiger partial charge in [0.2, 0.25) is 0 Å². The zero-order valence-electron chi connectivity index (χ0n) is 13.0. The van der Waals surface area contributed by atoms with Crippen LogP contribution in [-0.2, 0) is 4.79 Å². The highest BCUT2D eigenvalue weighted by atomic mass is 16.5. The van der Waals surface area contributed by atoms with Crippen LogP contribution in [0.15, 0.2) is 35.9 Å². The van der Waals surface area contributed by atoms with E-state index in [1.807, 2.05) is 6.07 Å². The van der Waals surface area contributed by atoms with Gasteiger partial charge in [-0.05, 0) is 63.3 Å². The number of carbonyl (C=O) groups is 1. The lowest BCUT2D eigenvalue weighted by Crippen LogP contribution is -2.36. The summed E-state index contributed by atoms with van der Waals surface area (Å²) in [6.07, 6.45) is 7.55. The Bertz CT molecular complexity index is 570. The molecule has 1 amide bonds. The van der Waals surface area contributed by atoms with Crippen LogP contribution >= 0.6 is 0 Å². The number of ether oxygens (including phenoxy) is 1. The van der Waals surface area contributed by atoms with E-state index in [9.17, 15) is 4.79 Å². The zero-order chi connectivity index (χ0) is 15.8. The molecule has 0 fully saturated rings. The van der Waals surface area contributed by atoms with Crippen molar-refractivity contribution in [1.82, 2.24) is 5.32 Å². The van der Waals surface area contributed by atoms with Crippen LogP contribution in [0.25, 0.3) is 0 Å². The summed E-state index contributed by atoms with van der Waals surface area (Å²) < 4.78 is 5.58. The van der Waals surface area contributed by atoms with Gasteiger partial charge in [0.05, 0.1) is 11.6 Å². The lowest BCUT2D eigenvalue weighted by Gasteiger charge is -2.16. The molecule has 1 N–H and O–H groups in total. The fourth-order valence-corrected chi connectivity index (χ4v) is 2.49. The second kappa shape index (κ2) is 8.23. The molecule has 0 aromatic heterocycles. The smallest absolute Gasteiger partial charge is 0.260 e. The highest BCUT2D eigenvalue weighted by molar-refractivity contribution is 5.80. The standard InChI is InChI=1S/C18H22N2O2/c1-14(22-17-9-7-16(13-19)8-10-17)18(21)20-12-11-15-5-3-2-4-6-15/h5,7-10,14H,2-4,6,11-12H2,1H3,(H,20,21)/t14-/m0/s1. The Balaban J connectivity index is 1.74. The Kier molecular flexibility index (Phi) is 6.02. The number of allylic oxidation sites excluding steroid dienone is 1. The summed E-state index contributed by atoms with van der Waals surface area (Å²) in [5, 5.41) is 11.7. The summed E-state index contributed by atoms with van der Waals surface area (Å²) in [6.45, 7) is 2.39. The van der Waals surface area contributed by atoms with Gasteiger partial charge in [0.15, 0.2) is 6.10 Å². The zero-order valence-corrected chi connectivity index (χ0v) is 13.0. The van der Waals surface area contributed by atoms with Crippen LogP contribution in [0.3, 0.4) is 0 Å². The number of nitriles is 1. The Hall–Kier alpha value is -2.28. The van der Waals surface area contributed by atoms with Gasteiger partial charge in [-0.25, -0.2) is 0 Å². The first-order chi connectivity index (χ1) is 10.7. The molecule has 0 spiro atoms. The van der Waals surface area contributed by atoms with Crippen molar-refractivity contribution in [3.05, 3.63) is 41.5 Å². The van der Waals surface area contributed by atoms with Gasteiger partial charge in [0.1, 0.15) is 5.75 Å². The van der Waals surface area contributed by atoms with Crippen LogP contribution in [0.5, 0.6) is 5.75 Å². The second-order valence-electron chi connectivity index (χ2n) is 5.55. The average molecular weight is 298 g/mol. The maximum Gasteiger partial charge on any atom is 0.260 e. The highest BCUT2D eigenvalue weighted by Gasteiger charge is 2.14. The normalized spacial score (nSPS) is 15.4. The molecule has 0 bridgehead atoms. The third kappa shape index (κ3) is 4.92. The summed E-state index contributed by atoms with van der Waals surface area (Å²) in [5.74, 6) is 0.484. The molecule has 2 rings (SSSR count). The minimum Gasteiger partial charge on any atom is -0.481 e. The predicted octanol–water partition coefficient (Wildman–Crippen LogP) is 3.33. The van der Waals surface area contributed by atoms with E-state index in [1.165, 1.54) is 24.8 Å². The number of nitrogens with zero attached hydrogens (tertiary/aromatic N) is 1. The largest absolute Gasteiger partial charge is 0.481 e. The quantitative estimate of drug-likeness (QED) is 0.819. The summed E-state index contributed by atoms with van der Waals surface area (Å²) in [7, 11) is 0. The first-order valence-electron chi connectivity index (χ1n) is 7.81. The molecule has 1 atom stereocenters. The highest BCUT2D eigenvalue weighted by Crippen LogP contribution is 2.19.